The number of aryl methyl sites for hydroxylation is 1. The fraction of sp³-hybridized carbons (Fsp3) is 0.462. The maximum Gasteiger partial charge on any atom is 0.230 e. The summed E-state index contributed by atoms with van der Waals surface area (Å²) in [6.45, 7) is 3.95. The van der Waals surface area contributed by atoms with Crippen LogP contribution >= 0.6 is 27.7 Å². The Hall–Kier alpha value is -0.520. The van der Waals surface area contributed by atoms with Gasteiger partial charge in [0.2, 0.25) is 5.91 Å². The van der Waals surface area contributed by atoms with Crippen LogP contribution in [0.15, 0.2) is 27.6 Å². The van der Waals surface area contributed by atoms with E-state index in [1.807, 2.05) is 32.0 Å². The molecule has 1 aromatic carbocycles. The largest absolute Gasteiger partial charge is 0.394 e. The van der Waals surface area contributed by atoms with Gasteiger partial charge in [-0.2, -0.15) is 0 Å². The van der Waals surface area contributed by atoms with Gasteiger partial charge in [-0.15, -0.1) is 11.8 Å². The van der Waals surface area contributed by atoms with Crippen molar-refractivity contribution in [1.29, 1.82) is 0 Å². The SMILES string of the molecule is CC[C@@H](CO)NC(=O)CSc1ccc(Br)cc1C. The van der Waals surface area contributed by atoms with Crippen molar-refractivity contribution in [3.05, 3.63) is 28.2 Å². The zero-order valence-electron chi connectivity index (χ0n) is 10.6. The van der Waals surface area contributed by atoms with E-state index >= 15 is 0 Å². The van der Waals surface area contributed by atoms with Crippen molar-refractivity contribution >= 4 is 33.6 Å². The first kappa shape index (κ1) is 15.5. The number of carbonyl (C=O) groups excluding carboxylic acids is 1. The molecule has 0 saturated carbocycles. The standard InChI is InChI=1S/C13H18BrNO2S/c1-3-11(7-16)15-13(17)8-18-12-5-4-10(14)6-9(12)2/h4-6,11,16H,3,7-8H2,1-2H3,(H,15,17)/t11-/m0/s1. The molecule has 0 fully saturated rings. The van der Waals surface area contributed by atoms with Gasteiger partial charge >= 0.3 is 0 Å². The van der Waals surface area contributed by atoms with Crippen molar-refractivity contribution in [2.75, 3.05) is 12.4 Å². The maximum atomic E-state index is 11.7. The highest BCUT2D eigenvalue weighted by molar-refractivity contribution is 9.10. The lowest BCUT2D eigenvalue weighted by atomic mass is 10.2. The Bertz CT molecular complexity index is 408. The lowest BCUT2D eigenvalue weighted by Gasteiger charge is -2.14. The minimum atomic E-state index is -0.135. The number of aliphatic hydroxyl groups excluding tert-OH is 1. The second-order valence-corrected chi connectivity index (χ2v) is 5.99. The number of benzene rings is 1. The summed E-state index contributed by atoms with van der Waals surface area (Å²) in [5.74, 6) is 0.335. The average molecular weight is 332 g/mol. The summed E-state index contributed by atoms with van der Waals surface area (Å²) >= 11 is 4.92. The number of rotatable bonds is 6. The van der Waals surface area contributed by atoms with Gasteiger partial charge in [0.25, 0.3) is 0 Å². The molecule has 0 heterocycles. The third kappa shape index (κ3) is 5.00. The van der Waals surface area contributed by atoms with E-state index < -0.39 is 0 Å². The van der Waals surface area contributed by atoms with Crippen LogP contribution in [0.3, 0.4) is 0 Å². The van der Waals surface area contributed by atoms with E-state index in [1.165, 1.54) is 11.8 Å². The first-order valence-electron chi connectivity index (χ1n) is 5.86. The molecule has 0 spiro atoms. The predicted molar refractivity (Wildman–Crippen MR) is 78.9 cm³/mol. The third-order valence-corrected chi connectivity index (χ3v) is 4.24. The Morgan fingerprint density at radius 3 is 2.83 bits per heavy atom. The Balaban J connectivity index is 2.47. The Morgan fingerprint density at radius 2 is 2.28 bits per heavy atom. The monoisotopic (exact) mass is 331 g/mol. The van der Waals surface area contributed by atoms with Crippen molar-refractivity contribution < 1.29 is 9.90 Å². The molecule has 18 heavy (non-hydrogen) atoms. The van der Waals surface area contributed by atoms with E-state index in [1.54, 1.807) is 0 Å². The molecule has 0 aliphatic carbocycles. The topological polar surface area (TPSA) is 49.3 Å². The summed E-state index contributed by atoms with van der Waals surface area (Å²) in [7, 11) is 0. The van der Waals surface area contributed by atoms with Crippen LogP contribution in [0.5, 0.6) is 0 Å². The minimum absolute atomic E-state index is 0.00970. The van der Waals surface area contributed by atoms with Crippen LogP contribution < -0.4 is 5.32 Å². The summed E-state index contributed by atoms with van der Waals surface area (Å²) < 4.78 is 1.04. The van der Waals surface area contributed by atoms with E-state index in [4.69, 9.17) is 5.11 Å². The number of hydrogen-bond donors (Lipinski definition) is 2. The van der Waals surface area contributed by atoms with Gasteiger partial charge in [-0.1, -0.05) is 22.9 Å². The number of halogens is 1. The average Bonchev–Trinajstić information content (AvgIpc) is 2.35. The number of thioether (sulfide) groups is 1. The van der Waals surface area contributed by atoms with Crippen LogP contribution in [0.25, 0.3) is 0 Å². The molecule has 1 aromatic rings. The first-order valence-corrected chi connectivity index (χ1v) is 7.63. The van der Waals surface area contributed by atoms with E-state index in [9.17, 15) is 4.79 Å². The lowest BCUT2D eigenvalue weighted by Crippen LogP contribution is -2.37. The second-order valence-electron chi connectivity index (χ2n) is 4.05. The van der Waals surface area contributed by atoms with Crippen LogP contribution in [-0.2, 0) is 4.79 Å². The van der Waals surface area contributed by atoms with Crippen molar-refractivity contribution in [3.8, 4) is 0 Å². The van der Waals surface area contributed by atoms with Gasteiger partial charge in [0.15, 0.2) is 0 Å². The molecular weight excluding hydrogens is 314 g/mol. The van der Waals surface area contributed by atoms with Crippen LogP contribution in [0.2, 0.25) is 0 Å². The number of aliphatic hydroxyl groups is 1. The van der Waals surface area contributed by atoms with Gasteiger partial charge in [-0.3, -0.25) is 4.79 Å². The Morgan fingerprint density at radius 1 is 1.56 bits per heavy atom. The number of carbonyl (C=O) groups is 1. The zero-order valence-corrected chi connectivity index (χ0v) is 13.0. The fourth-order valence-corrected chi connectivity index (χ4v) is 2.76. The van der Waals surface area contributed by atoms with Crippen LogP contribution in [0, 0.1) is 6.92 Å². The van der Waals surface area contributed by atoms with Gasteiger partial charge in [0.05, 0.1) is 18.4 Å². The minimum Gasteiger partial charge on any atom is -0.394 e. The molecule has 0 unspecified atom stereocenters. The predicted octanol–water partition coefficient (Wildman–Crippen LogP) is 2.74. The number of amides is 1. The third-order valence-electron chi connectivity index (χ3n) is 2.57. The second kappa shape index (κ2) is 7.81. The highest BCUT2D eigenvalue weighted by Gasteiger charge is 2.10. The van der Waals surface area contributed by atoms with Crippen molar-refractivity contribution in [1.82, 2.24) is 5.32 Å². The molecule has 0 aromatic heterocycles. The molecule has 2 N–H and O–H groups in total. The maximum absolute atomic E-state index is 11.7. The van der Waals surface area contributed by atoms with Crippen molar-refractivity contribution in [2.24, 2.45) is 0 Å². The molecule has 1 rings (SSSR count). The summed E-state index contributed by atoms with van der Waals surface area (Å²) in [6, 6.07) is 5.86. The Labute approximate surface area is 120 Å². The lowest BCUT2D eigenvalue weighted by molar-refractivity contribution is -0.119. The Kier molecular flexibility index (Phi) is 6.75. The van der Waals surface area contributed by atoms with E-state index in [2.05, 4.69) is 21.2 Å². The molecule has 0 aliphatic rings. The summed E-state index contributed by atoms with van der Waals surface area (Å²) in [6.07, 6.45) is 0.740. The van der Waals surface area contributed by atoms with Crippen LogP contribution in [-0.4, -0.2) is 29.4 Å². The molecule has 0 saturated heterocycles. The van der Waals surface area contributed by atoms with Crippen LogP contribution in [0.4, 0.5) is 0 Å². The van der Waals surface area contributed by atoms with Crippen molar-refractivity contribution in [3.63, 3.8) is 0 Å². The molecular formula is C13H18BrNO2S. The molecule has 5 heteroatoms. The fourth-order valence-electron chi connectivity index (χ4n) is 1.46. The molecule has 1 atom stereocenters. The van der Waals surface area contributed by atoms with Crippen LogP contribution in [0.1, 0.15) is 18.9 Å². The molecule has 1 amide bonds. The van der Waals surface area contributed by atoms with Gasteiger partial charge in [-0.25, -0.2) is 0 Å². The number of hydrogen-bond acceptors (Lipinski definition) is 3. The quantitative estimate of drug-likeness (QED) is 0.788. The van der Waals surface area contributed by atoms with E-state index in [-0.39, 0.29) is 18.6 Å². The van der Waals surface area contributed by atoms with E-state index in [0.717, 1.165) is 21.4 Å². The van der Waals surface area contributed by atoms with E-state index in [0.29, 0.717) is 5.75 Å². The highest BCUT2D eigenvalue weighted by atomic mass is 79.9. The van der Waals surface area contributed by atoms with Crippen molar-refractivity contribution in [2.45, 2.75) is 31.2 Å². The van der Waals surface area contributed by atoms with Gasteiger partial charge in [-0.05, 0) is 37.1 Å². The summed E-state index contributed by atoms with van der Waals surface area (Å²) in [5, 5.41) is 11.8. The normalized spacial score (nSPS) is 12.2. The first-order chi connectivity index (χ1) is 8.56. The molecule has 100 valence electrons. The van der Waals surface area contributed by atoms with Gasteiger partial charge in [0, 0.05) is 9.37 Å². The van der Waals surface area contributed by atoms with Gasteiger partial charge < -0.3 is 10.4 Å². The van der Waals surface area contributed by atoms with Gasteiger partial charge in [0.1, 0.15) is 0 Å². The molecule has 3 nitrogen and oxygen atoms in total. The molecule has 0 bridgehead atoms. The molecule has 0 radical (unpaired) electrons. The smallest absolute Gasteiger partial charge is 0.230 e. The summed E-state index contributed by atoms with van der Waals surface area (Å²) in [4.78, 5) is 12.8. The number of nitrogens with one attached hydrogen (secondary N) is 1. The summed E-state index contributed by atoms with van der Waals surface area (Å²) in [5.41, 5.74) is 1.15. The highest BCUT2D eigenvalue weighted by Crippen LogP contribution is 2.25. The molecule has 0 aliphatic heterocycles. The zero-order chi connectivity index (χ0) is 13.5.